The highest BCUT2D eigenvalue weighted by Gasteiger charge is 2.21. The van der Waals surface area contributed by atoms with Gasteiger partial charge in [-0.2, -0.15) is 0 Å². The molecule has 0 unspecified atom stereocenters. The fourth-order valence-electron chi connectivity index (χ4n) is 2.45. The van der Waals surface area contributed by atoms with E-state index >= 15 is 0 Å². The summed E-state index contributed by atoms with van der Waals surface area (Å²) >= 11 is 6.23. The second-order valence-corrected chi connectivity index (χ2v) is 6.95. The maximum absolute atomic E-state index is 6.23. The van der Waals surface area contributed by atoms with E-state index in [9.17, 15) is 0 Å². The molecule has 1 aliphatic carbocycles. The molecule has 4 heteroatoms. The van der Waals surface area contributed by atoms with Crippen LogP contribution in [0.25, 0.3) is 0 Å². The monoisotopic (exact) mass is 281 g/mol. The van der Waals surface area contributed by atoms with Gasteiger partial charge in [-0.1, -0.05) is 45.2 Å². The third kappa shape index (κ3) is 3.59. The average molecular weight is 282 g/mol. The van der Waals surface area contributed by atoms with Gasteiger partial charge in [0.15, 0.2) is 0 Å². The first-order valence-electron chi connectivity index (χ1n) is 7.16. The van der Waals surface area contributed by atoms with E-state index in [-0.39, 0.29) is 5.41 Å². The molecule has 0 spiro atoms. The standard InChI is InChI=1S/C15H24ClN3/c1-10-12(16)18-14(15(2,3)4)19-13(10)17-9-11-7-5-6-8-11/h11H,5-9H2,1-4H3,(H,17,18,19). The van der Waals surface area contributed by atoms with Gasteiger partial charge in [-0.25, -0.2) is 9.97 Å². The molecule has 2 rings (SSSR count). The van der Waals surface area contributed by atoms with E-state index in [0.29, 0.717) is 5.15 Å². The molecular formula is C15H24ClN3. The zero-order chi connectivity index (χ0) is 14.0. The lowest BCUT2D eigenvalue weighted by Gasteiger charge is -2.20. The lowest BCUT2D eigenvalue weighted by atomic mass is 9.95. The topological polar surface area (TPSA) is 37.8 Å². The zero-order valence-corrected chi connectivity index (χ0v) is 13.1. The maximum Gasteiger partial charge on any atom is 0.137 e. The lowest BCUT2D eigenvalue weighted by Crippen LogP contribution is -2.20. The highest BCUT2D eigenvalue weighted by Crippen LogP contribution is 2.28. The summed E-state index contributed by atoms with van der Waals surface area (Å²) in [6.45, 7) is 9.29. The minimum atomic E-state index is -0.0822. The first-order valence-corrected chi connectivity index (χ1v) is 7.54. The summed E-state index contributed by atoms with van der Waals surface area (Å²) in [5.74, 6) is 2.49. The van der Waals surface area contributed by atoms with Gasteiger partial charge in [-0.15, -0.1) is 0 Å². The first-order chi connectivity index (χ1) is 8.88. The van der Waals surface area contributed by atoms with E-state index in [1.54, 1.807) is 0 Å². The first kappa shape index (κ1) is 14.6. The molecule has 0 bridgehead atoms. The molecule has 0 amide bonds. The second-order valence-electron chi connectivity index (χ2n) is 6.59. The summed E-state index contributed by atoms with van der Waals surface area (Å²) in [5, 5.41) is 4.04. The van der Waals surface area contributed by atoms with E-state index in [0.717, 1.165) is 29.7 Å². The van der Waals surface area contributed by atoms with Crippen LogP contribution in [0, 0.1) is 12.8 Å². The third-order valence-corrected chi connectivity index (χ3v) is 4.16. The summed E-state index contributed by atoms with van der Waals surface area (Å²) in [6.07, 6.45) is 5.39. The van der Waals surface area contributed by atoms with E-state index < -0.39 is 0 Å². The Balaban J connectivity index is 2.16. The van der Waals surface area contributed by atoms with Crippen molar-refractivity contribution in [3.63, 3.8) is 0 Å². The van der Waals surface area contributed by atoms with Gasteiger partial charge >= 0.3 is 0 Å². The molecule has 0 aromatic carbocycles. The van der Waals surface area contributed by atoms with Crippen LogP contribution in [0.2, 0.25) is 5.15 Å². The molecule has 19 heavy (non-hydrogen) atoms. The van der Waals surface area contributed by atoms with Gasteiger partial charge in [-0.05, 0) is 25.7 Å². The SMILES string of the molecule is Cc1c(Cl)nc(C(C)(C)C)nc1NCC1CCCC1. The lowest BCUT2D eigenvalue weighted by molar-refractivity contribution is 0.543. The predicted molar refractivity (Wildman–Crippen MR) is 80.9 cm³/mol. The summed E-state index contributed by atoms with van der Waals surface area (Å²) in [4.78, 5) is 9.06. The van der Waals surface area contributed by atoms with Crippen molar-refractivity contribution in [2.45, 2.75) is 58.8 Å². The third-order valence-electron chi connectivity index (χ3n) is 3.79. The number of halogens is 1. The van der Waals surface area contributed by atoms with Crippen LogP contribution in [-0.2, 0) is 5.41 Å². The van der Waals surface area contributed by atoms with Gasteiger partial charge < -0.3 is 5.32 Å². The molecule has 1 saturated carbocycles. The van der Waals surface area contributed by atoms with Crippen LogP contribution in [0.5, 0.6) is 0 Å². The Morgan fingerprint density at radius 3 is 2.42 bits per heavy atom. The van der Waals surface area contributed by atoms with Crippen LogP contribution < -0.4 is 5.32 Å². The molecule has 3 nitrogen and oxygen atoms in total. The molecule has 1 aliphatic rings. The zero-order valence-electron chi connectivity index (χ0n) is 12.4. The van der Waals surface area contributed by atoms with Crippen LogP contribution in [0.3, 0.4) is 0 Å². The Hall–Kier alpha value is -0.830. The summed E-state index contributed by atoms with van der Waals surface area (Å²) in [5.41, 5.74) is 0.869. The Kier molecular flexibility index (Phi) is 4.34. The number of hydrogen-bond acceptors (Lipinski definition) is 3. The molecule has 0 radical (unpaired) electrons. The molecule has 1 aromatic rings. The van der Waals surface area contributed by atoms with Crippen molar-refractivity contribution in [1.82, 2.24) is 9.97 Å². The number of hydrogen-bond donors (Lipinski definition) is 1. The average Bonchev–Trinajstić information content (AvgIpc) is 2.82. The van der Waals surface area contributed by atoms with Crippen LogP contribution in [0.15, 0.2) is 0 Å². The highest BCUT2D eigenvalue weighted by atomic mass is 35.5. The van der Waals surface area contributed by atoms with Crippen molar-refractivity contribution in [1.29, 1.82) is 0 Å². The van der Waals surface area contributed by atoms with Crippen molar-refractivity contribution < 1.29 is 0 Å². The number of nitrogens with zero attached hydrogens (tertiary/aromatic N) is 2. The van der Waals surface area contributed by atoms with Crippen LogP contribution in [-0.4, -0.2) is 16.5 Å². The normalized spacial score (nSPS) is 16.9. The molecule has 1 aromatic heterocycles. The fourth-order valence-corrected chi connectivity index (χ4v) is 2.62. The van der Waals surface area contributed by atoms with Crippen molar-refractivity contribution in [2.24, 2.45) is 5.92 Å². The molecule has 0 aliphatic heterocycles. The molecule has 0 saturated heterocycles. The minimum Gasteiger partial charge on any atom is -0.369 e. The van der Waals surface area contributed by atoms with E-state index in [2.05, 4.69) is 36.1 Å². The Bertz CT molecular complexity index is 445. The second kappa shape index (κ2) is 5.66. The molecule has 106 valence electrons. The summed E-state index contributed by atoms with van der Waals surface area (Å²) in [7, 11) is 0. The largest absolute Gasteiger partial charge is 0.369 e. The quantitative estimate of drug-likeness (QED) is 0.838. The number of nitrogens with one attached hydrogen (secondary N) is 1. The number of rotatable bonds is 3. The molecule has 1 heterocycles. The number of aromatic nitrogens is 2. The van der Waals surface area contributed by atoms with Gasteiger partial charge in [-0.3, -0.25) is 0 Å². The predicted octanol–water partition coefficient (Wildman–Crippen LogP) is 4.34. The fraction of sp³-hybridized carbons (Fsp3) is 0.733. The molecule has 1 N–H and O–H groups in total. The summed E-state index contributed by atoms with van der Waals surface area (Å²) < 4.78 is 0. The summed E-state index contributed by atoms with van der Waals surface area (Å²) in [6, 6.07) is 0. The van der Waals surface area contributed by atoms with E-state index in [1.165, 1.54) is 25.7 Å². The van der Waals surface area contributed by atoms with Crippen molar-refractivity contribution in [3.8, 4) is 0 Å². The van der Waals surface area contributed by atoms with Crippen LogP contribution >= 0.6 is 11.6 Å². The van der Waals surface area contributed by atoms with Gasteiger partial charge in [0, 0.05) is 17.5 Å². The highest BCUT2D eigenvalue weighted by molar-refractivity contribution is 6.30. The minimum absolute atomic E-state index is 0.0822. The number of anilines is 1. The van der Waals surface area contributed by atoms with Gasteiger partial charge in [0.05, 0.1) is 0 Å². The van der Waals surface area contributed by atoms with Gasteiger partial charge in [0.2, 0.25) is 0 Å². The molecular weight excluding hydrogens is 258 g/mol. The van der Waals surface area contributed by atoms with Crippen LogP contribution in [0.4, 0.5) is 5.82 Å². The maximum atomic E-state index is 6.23. The van der Waals surface area contributed by atoms with Crippen LogP contribution in [0.1, 0.15) is 57.8 Å². The van der Waals surface area contributed by atoms with Crippen molar-refractivity contribution in [3.05, 3.63) is 16.5 Å². The van der Waals surface area contributed by atoms with E-state index in [1.807, 2.05) is 6.92 Å². The Morgan fingerprint density at radius 2 is 1.84 bits per heavy atom. The van der Waals surface area contributed by atoms with Crippen molar-refractivity contribution in [2.75, 3.05) is 11.9 Å². The molecule has 1 fully saturated rings. The van der Waals surface area contributed by atoms with Gasteiger partial charge in [0.25, 0.3) is 0 Å². The Morgan fingerprint density at radius 1 is 1.21 bits per heavy atom. The smallest absolute Gasteiger partial charge is 0.137 e. The van der Waals surface area contributed by atoms with E-state index in [4.69, 9.17) is 11.6 Å². The van der Waals surface area contributed by atoms with Gasteiger partial charge in [0.1, 0.15) is 16.8 Å². The Labute approximate surface area is 121 Å². The van der Waals surface area contributed by atoms with Crippen molar-refractivity contribution >= 4 is 17.4 Å². The molecule has 0 atom stereocenters.